The highest BCUT2D eigenvalue weighted by Crippen LogP contribution is 2.36. The van der Waals surface area contributed by atoms with Crippen molar-refractivity contribution in [2.45, 2.75) is 11.8 Å². The average molecular weight is 484 g/mol. The largest absolute Gasteiger partial charge is 0.422 e. The number of sulfone groups is 1. The Bertz CT molecular complexity index is 1470. The number of rotatable bonds is 7. The Morgan fingerprint density at radius 1 is 1.23 bits per heavy atom. The summed E-state index contributed by atoms with van der Waals surface area (Å²) in [5.74, 6) is -0.335. The van der Waals surface area contributed by atoms with Crippen LogP contribution in [-0.4, -0.2) is 48.1 Å². The van der Waals surface area contributed by atoms with Gasteiger partial charge in [0.05, 0.1) is 23.0 Å². The van der Waals surface area contributed by atoms with Gasteiger partial charge in [-0.25, -0.2) is 18.5 Å². The lowest BCUT2D eigenvalue weighted by molar-refractivity contribution is 0.444. The quantitative estimate of drug-likeness (QED) is 0.379. The van der Waals surface area contributed by atoms with Crippen LogP contribution in [0.1, 0.15) is 22.0 Å². The van der Waals surface area contributed by atoms with Gasteiger partial charge in [-0.2, -0.15) is 18.2 Å². The maximum Gasteiger partial charge on any atom is 0.274 e. The van der Waals surface area contributed by atoms with Crippen molar-refractivity contribution in [3.05, 3.63) is 47.4 Å². The number of thiazole rings is 1. The third kappa shape index (κ3) is 4.80. The summed E-state index contributed by atoms with van der Waals surface area (Å²) in [5.41, 5.74) is 2.46. The maximum absolute atomic E-state index is 12.5. The fraction of sp³-hybridized carbons (Fsp3) is 0.250. The van der Waals surface area contributed by atoms with Crippen molar-refractivity contribution in [1.29, 1.82) is 0 Å². The zero-order valence-electron chi connectivity index (χ0n) is 16.3. The summed E-state index contributed by atoms with van der Waals surface area (Å²) in [7, 11) is -5.88. The van der Waals surface area contributed by atoms with Crippen molar-refractivity contribution in [3.63, 3.8) is 0 Å². The lowest BCUT2D eigenvalue weighted by Crippen LogP contribution is -2.30. The van der Waals surface area contributed by atoms with E-state index in [0.717, 1.165) is 22.1 Å². The van der Waals surface area contributed by atoms with Crippen LogP contribution in [0.25, 0.3) is 21.3 Å². The van der Waals surface area contributed by atoms with Gasteiger partial charge in [0.25, 0.3) is 10.2 Å². The van der Waals surface area contributed by atoms with E-state index in [1.165, 1.54) is 11.3 Å². The lowest BCUT2D eigenvalue weighted by Gasteiger charge is -2.07. The van der Waals surface area contributed by atoms with E-state index >= 15 is 0 Å². The molecule has 0 fully saturated rings. The normalized spacial score (nSPS) is 13.6. The first-order chi connectivity index (χ1) is 14.5. The zero-order chi connectivity index (χ0) is 22.4. The highest BCUT2D eigenvalue weighted by atomic mass is 32.2. The van der Waals surface area contributed by atoms with Gasteiger partial charge in [0.2, 0.25) is 11.8 Å². The molecular weight excluding hydrogens is 466 g/mol. The lowest BCUT2D eigenvalue weighted by atomic mass is 10.1. The SMILES string of the molecule is Cn1cc(-c2ccc3nc(C(c4nnc(CNS(N)(=O)=O)o4)S(C)(=O)=O)sc3c2)cn1. The zero-order valence-corrected chi connectivity index (χ0v) is 18.7. The Labute approximate surface area is 181 Å². The van der Waals surface area contributed by atoms with Gasteiger partial charge in [-0.05, 0) is 17.7 Å². The Morgan fingerprint density at radius 3 is 2.65 bits per heavy atom. The number of benzene rings is 1. The fourth-order valence-electron chi connectivity index (χ4n) is 2.88. The molecule has 0 spiro atoms. The molecule has 3 N–H and O–H groups in total. The van der Waals surface area contributed by atoms with Gasteiger partial charge in [-0.3, -0.25) is 4.68 Å². The van der Waals surface area contributed by atoms with E-state index in [1.54, 1.807) is 16.9 Å². The van der Waals surface area contributed by atoms with Crippen molar-refractivity contribution in [3.8, 4) is 11.1 Å². The van der Waals surface area contributed by atoms with Gasteiger partial charge in [0, 0.05) is 25.1 Å². The van der Waals surface area contributed by atoms with Crippen LogP contribution in [0.3, 0.4) is 0 Å². The Hall–Kier alpha value is -2.72. The fourth-order valence-corrected chi connectivity index (χ4v) is 5.74. The molecule has 4 aromatic rings. The summed E-state index contributed by atoms with van der Waals surface area (Å²) < 4.78 is 56.9. The standard InChI is InChI=1S/C16H17N7O5S3/c1-23-8-10(6-18-23)9-3-4-11-12(5-9)29-16(20-11)14(30(2,24)25)15-22-21-13(28-15)7-19-31(17,26)27/h3-6,8,14,19H,7H2,1-2H3,(H2,17,26,27). The molecule has 0 saturated carbocycles. The van der Waals surface area contributed by atoms with Crippen molar-refractivity contribution in [1.82, 2.24) is 29.7 Å². The molecule has 0 aliphatic heterocycles. The van der Waals surface area contributed by atoms with E-state index in [0.29, 0.717) is 5.52 Å². The third-order valence-electron chi connectivity index (χ3n) is 4.23. The van der Waals surface area contributed by atoms with Crippen molar-refractivity contribution in [2.75, 3.05) is 6.26 Å². The van der Waals surface area contributed by atoms with Gasteiger partial charge >= 0.3 is 0 Å². The van der Waals surface area contributed by atoms with Crippen LogP contribution in [-0.2, 0) is 33.6 Å². The monoisotopic (exact) mass is 483 g/mol. The molecule has 0 amide bonds. The number of fused-ring (bicyclic) bond motifs is 1. The summed E-state index contributed by atoms with van der Waals surface area (Å²) >= 11 is 1.19. The van der Waals surface area contributed by atoms with E-state index in [9.17, 15) is 16.8 Å². The second-order valence-electron chi connectivity index (χ2n) is 6.75. The van der Waals surface area contributed by atoms with Gasteiger partial charge in [-0.1, -0.05) is 6.07 Å². The summed E-state index contributed by atoms with van der Waals surface area (Å²) in [6.07, 6.45) is 4.65. The molecule has 0 bridgehead atoms. The topological polar surface area (TPSA) is 176 Å². The Balaban J connectivity index is 1.71. The number of hydrogen-bond acceptors (Lipinski definition) is 10. The predicted molar refractivity (Wildman–Crippen MR) is 113 cm³/mol. The molecule has 12 nitrogen and oxygen atoms in total. The minimum absolute atomic E-state index is 0.127. The highest BCUT2D eigenvalue weighted by molar-refractivity contribution is 7.91. The van der Waals surface area contributed by atoms with Crippen molar-refractivity contribution in [2.24, 2.45) is 12.2 Å². The van der Waals surface area contributed by atoms with Gasteiger partial charge in [0.15, 0.2) is 15.1 Å². The maximum atomic E-state index is 12.5. The molecule has 1 aromatic carbocycles. The second-order valence-corrected chi connectivity index (χ2v) is 11.3. The molecule has 3 aromatic heterocycles. The number of aromatic nitrogens is 5. The van der Waals surface area contributed by atoms with Crippen LogP contribution in [0.15, 0.2) is 35.0 Å². The first kappa shape index (κ1) is 21.5. The molecule has 15 heteroatoms. The minimum atomic E-state index is -3.97. The first-order valence-electron chi connectivity index (χ1n) is 8.67. The van der Waals surface area contributed by atoms with Crippen LogP contribution in [0.2, 0.25) is 0 Å². The van der Waals surface area contributed by atoms with E-state index < -0.39 is 25.3 Å². The van der Waals surface area contributed by atoms with Gasteiger partial charge in [0.1, 0.15) is 5.01 Å². The number of nitrogens with zero attached hydrogens (tertiary/aromatic N) is 5. The predicted octanol–water partition coefficient (Wildman–Crippen LogP) is 0.507. The summed E-state index contributed by atoms with van der Waals surface area (Å²) in [6, 6.07) is 5.58. The van der Waals surface area contributed by atoms with Crippen molar-refractivity contribution < 1.29 is 21.3 Å². The number of nitrogens with one attached hydrogen (secondary N) is 1. The van der Waals surface area contributed by atoms with E-state index in [4.69, 9.17) is 9.56 Å². The molecule has 4 rings (SSSR count). The van der Waals surface area contributed by atoms with E-state index in [1.807, 2.05) is 30.1 Å². The van der Waals surface area contributed by atoms with Crippen LogP contribution in [0.5, 0.6) is 0 Å². The van der Waals surface area contributed by atoms with Crippen LogP contribution >= 0.6 is 11.3 Å². The summed E-state index contributed by atoms with van der Waals surface area (Å²) in [4.78, 5) is 4.45. The van der Waals surface area contributed by atoms with Crippen LogP contribution in [0.4, 0.5) is 0 Å². The number of nitrogens with two attached hydrogens (primary N) is 1. The van der Waals surface area contributed by atoms with Crippen LogP contribution < -0.4 is 9.86 Å². The Kier molecular flexibility index (Phi) is 5.38. The smallest absolute Gasteiger partial charge is 0.274 e. The third-order valence-corrected chi connectivity index (χ3v) is 7.29. The number of hydrogen-bond donors (Lipinski definition) is 2. The second kappa shape index (κ2) is 7.76. The molecule has 3 heterocycles. The summed E-state index contributed by atoms with van der Waals surface area (Å²) in [6.45, 7) is -0.364. The highest BCUT2D eigenvalue weighted by Gasteiger charge is 2.34. The molecule has 0 aliphatic carbocycles. The minimum Gasteiger partial charge on any atom is -0.422 e. The van der Waals surface area contributed by atoms with E-state index in [-0.39, 0.29) is 23.3 Å². The molecule has 0 radical (unpaired) electrons. The van der Waals surface area contributed by atoms with Gasteiger partial charge in [-0.15, -0.1) is 21.5 Å². The molecule has 0 aliphatic rings. The average Bonchev–Trinajstić information content (AvgIpc) is 3.37. The molecule has 0 saturated heterocycles. The van der Waals surface area contributed by atoms with Crippen molar-refractivity contribution >= 4 is 41.6 Å². The molecule has 31 heavy (non-hydrogen) atoms. The van der Waals surface area contributed by atoms with Crippen LogP contribution in [0, 0.1) is 0 Å². The van der Waals surface area contributed by atoms with E-state index in [2.05, 4.69) is 20.3 Å². The van der Waals surface area contributed by atoms with Gasteiger partial charge < -0.3 is 4.42 Å². The number of aryl methyl sites for hydroxylation is 1. The Morgan fingerprint density at radius 2 is 2.00 bits per heavy atom. The molecule has 1 unspecified atom stereocenters. The molecule has 1 atom stereocenters. The molecule has 164 valence electrons. The first-order valence-corrected chi connectivity index (χ1v) is 13.0. The summed E-state index contributed by atoms with van der Waals surface area (Å²) in [5, 5.41) is 15.5. The molecular formula is C16H17N7O5S3.